The summed E-state index contributed by atoms with van der Waals surface area (Å²) in [5.41, 5.74) is 0.407. The standard InChI is InChI=1S/C11H10N2O2.C9H10O4/c1-15-11(14)9-7-12-13(8-9)10-5-3-2-4-6-10;1-9(8(12)13)4-2-3-6(5-9)7(10)11/h2-8H,1H3;2-4H,5H2,1H3,(H,10,11)(H,12,13). The maximum Gasteiger partial charge on any atom is 0.341 e. The number of carbonyl (C=O) groups is 3. The van der Waals surface area contributed by atoms with Crippen LogP contribution in [0.1, 0.15) is 23.7 Å². The van der Waals surface area contributed by atoms with Crippen molar-refractivity contribution in [3.8, 4) is 5.69 Å². The number of nitrogens with zero attached hydrogens (tertiary/aromatic N) is 2. The molecule has 8 nitrogen and oxygen atoms in total. The Morgan fingerprint density at radius 3 is 2.43 bits per heavy atom. The van der Waals surface area contributed by atoms with Crippen LogP contribution < -0.4 is 0 Å². The molecule has 2 N–H and O–H groups in total. The zero-order valence-electron chi connectivity index (χ0n) is 15.4. The van der Waals surface area contributed by atoms with Crippen LogP contribution in [-0.4, -0.2) is 45.0 Å². The Morgan fingerprint density at radius 2 is 1.86 bits per heavy atom. The van der Waals surface area contributed by atoms with Gasteiger partial charge in [0.05, 0.1) is 30.0 Å². The number of benzene rings is 1. The Balaban J connectivity index is 0.000000203. The molecule has 1 heterocycles. The van der Waals surface area contributed by atoms with E-state index in [1.807, 2.05) is 30.3 Å². The fraction of sp³-hybridized carbons (Fsp3) is 0.200. The summed E-state index contributed by atoms with van der Waals surface area (Å²) in [7, 11) is 1.35. The molecule has 0 saturated heterocycles. The van der Waals surface area contributed by atoms with E-state index >= 15 is 0 Å². The molecular formula is C20H20N2O6. The number of hydrogen-bond donors (Lipinski definition) is 2. The number of para-hydroxylation sites is 1. The summed E-state index contributed by atoms with van der Waals surface area (Å²) in [6, 6.07) is 9.57. The van der Waals surface area contributed by atoms with Gasteiger partial charge in [-0.15, -0.1) is 0 Å². The Bertz CT molecular complexity index is 929. The van der Waals surface area contributed by atoms with E-state index in [0.717, 1.165) is 5.69 Å². The second-order valence-corrected chi connectivity index (χ2v) is 6.26. The topological polar surface area (TPSA) is 119 Å². The Morgan fingerprint density at radius 1 is 1.18 bits per heavy atom. The summed E-state index contributed by atoms with van der Waals surface area (Å²) < 4.78 is 6.22. The van der Waals surface area contributed by atoms with Crippen LogP contribution in [0.3, 0.4) is 0 Å². The smallest absolute Gasteiger partial charge is 0.341 e. The molecule has 3 rings (SSSR count). The largest absolute Gasteiger partial charge is 0.481 e. The van der Waals surface area contributed by atoms with Gasteiger partial charge >= 0.3 is 17.9 Å². The summed E-state index contributed by atoms with van der Waals surface area (Å²) in [5.74, 6) is -2.44. The van der Waals surface area contributed by atoms with E-state index in [4.69, 9.17) is 10.2 Å². The lowest BCUT2D eigenvalue weighted by Crippen LogP contribution is -2.28. The van der Waals surface area contributed by atoms with Gasteiger partial charge in [0.15, 0.2) is 0 Å². The second-order valence-electron chi connectivity index (χ2n) is 6.26. The summed E-state index contributed by atoms with van der Waals surface area (Å²) in [6.07, 6.45) is 7.56. The van der Waals surface area contributed by atoms with Crippen molar-refractivity contribution in [2.45, 2.75) is 13.3 Å². The van der Waals surface area contributed by atoms with Crippen molar-refractivity contribution in [2.24, 2.45) is 5.41 Å². The minimum absolute atomic E-state index is 0.0359. The summed E-state index contributed by atoms with van der Waals surface area (Å²) in [6.45, 7) is 1.50. The van der Waals surface area contributed by atoms with Gasteiger partial charge in [0.1, 0.15) is 0 Å². The summed E-state index contributed by atoms with van der Waals surface area (Å²) in [4.78, 5) is 32.5. The van der Waals surface area contributed by atoms with Crippen LogP contribution in [0.15, 0.2) is 66.5 Å². The van der Waals surface area contributed by atoms with Crippen molar-refractivity contribution in [2.75, 3.05) is 7.11 Å². The van der Waals surface area contributed by atoms with Gasteiger partial charge in [-0.25, -0.2) is 14.3 Å². The molecule has 0 aliphatic heterocycles. The van der Waals surface area contributed by atoms with Crippen molar-refractivity contribution in [3.63, 3.8) is 0 Å². The molecule has 0 fully saturated rings. The molecule has 146 valence electrons. The van der Waals surface area contributed by atoms with E-state index in [9.17, 15) is 14.4 Å². The normalized spacial score (nSPS) is 17.7. The number of carboxylic acids is 2. The third kappa shape index (κ3) is 4.94. The fourth-order valence-electron chi connectivity index (χ4n) is 2.45. The van der Waals surface area contributed by atoms with E-state index in [-0.39, 0.29) is 18.0 Å². The first kappa shape index (κ1) is 20.6. The van der Waals surface area contributed by atoms with Crippen molar-refractivity contribution in [1.82, 2.24) is 9.78 Å². The van der Waals surface area contributed by atoms with Crippen molar-refractivity contribution in [3.05, 3.63) is 72.1 Å². The van der Waals surface area contributed by atoms with Gasteiger partial charge in [0, 0.05) is 11.8 Å². The zero-order chi connectivity index (χ0) is 20.7. The molecule has 2 aromatic rings. The average Bonchev–Trinajstić information content (AvgIpc) is 3.19. The van der Waals surface area contributed by atoms with Crippen LogP contribution in [0.4, 0.5) is 0 Å². The summed E-state index contributed by atoms with van der Waals surface area (Å²) in [5, 5.41) is 21.6. The number of carbonyl (C=O) groups excluding carboxylic acids is 1. The van der Waals surface area contributed by atoms with Gasteiger partial charge in [-0.1, -0.05) is 36.4 Å². The number of allylic oxidation sites excluding steroid dienone is 2. The Kier molecular flexibility index (Phi) is 6.49. The third-order valence-electron chi connectivity index (χ3n) is 4.11. The van der Waals surface area contributed by atoms with Crippen LogP contribution in [0, 0.1) is 5.41 Å². The minimum atomic E-state index is -1.08. The third-order valence-corrected chi connectivity index (χ3v) is 4.11. The number of rotatable bonds is 4. The molecule has 1 aromatic heterocycles. The highest BCUT2D eigenvalue weighted by atomic mass is 16.5. The molecule has 1 aliphatic rings. The lowest BCUT2D eigenvalue weighted by molar-refractivity contribution is -0.145. The first-order valence-corrected chi connectivity index (χ1v) is 8.30. The molecule has 1 unspecified atom stereocenters. The van der Waals surface area contributed by atoms with Gasteiger partial charge < -0.3 is 14.9 Å². The predicted molar refractivity (Wildman–Crippen MR) is 100 cm³/mol. The monoisotopic (exact) mass is 384 g/mol. The Labute approximate surface area is 161 Å². The van der Waals surface area contributed by atoms with Gasteiger partial charge in [-0.05, 0) is 25.5 Å². The van der Waals surface area contributed by atoms with E-state index in [2.05, 4.69) is 9.84 Å². The molecule has 0 radical (unpaired) electrons. The highest BCUT2D eigenvalue weighted by Crippen LogP contribution is 2.31. The predicted octanol–water partition coefficient (Wildman–Crippen LogP) is 2.71. The van der Waals surface area contributed by atoms with E-state index < -0.39 is 17.4 Å². The number of methoxy groups -OCH3 is 1. The fourth-order valence-corrected chi connectivity index (χ4v) is 2.45. The van der Waals surface area contributed by atoms with Crippen LogP contribution in [-0.2, 0) is 14.3 Å². The number of aliphatic carboxylic acids is 2. The molecular weight excluding hydrogens is 364 g/mol. The van der Waals surface area contributed by atoms with Crippen LogP contribution in [0.25, 0.3) is 5.69 Å². The lowest BCUT2D eigenvalue weighted by atomic mass is 9.80. The second kappa shape index (κ2) is 8.81. The number of esters is 1. The Hall–Kier alpha value is -3.68. The van der Waals surface area contributed by atoms with Crippen LogP contribution >= 0.6 is 0 Å². The van der Waals surface area contributed by atoms with Gasteiger partial charge in [0.25, 0.3) is 0 Å². The molecule has 0 bridgehead atoms. The van der Waals surface area contributed by atoms with E-state index in [1.54, 1.807) is 10.9 Å². The van der Waals surface area contributed by atoms with Crippen molar-refractivity contribution in [1.29, 1.82) is 0 Å². The number of ether oxygens (including phenoxy) is 1. The molecule has 28 heavy (non-hydrogen) atoms. The van der Waals surface area contributed by atoms with Crippen molar-refractivity contribution < 1.29 is 29.3 Å². The molecule has 0 amide bonds. The first-order valence-electron chi connectivity index (χ1n) is 8.30. The molecule has 0 spiro atoms. The number of aromatic nitrogens is 2. The minimum Gasteiger partial charge on any atom is -0.481 e. The average molecular weight is 384 g/mol. The van der Waals surface area contributed by atoms with Crippen LogP contribution in [0.5, 0.6) is 0 Å². The molecule has 0 saturated carbocycles. The summed E-state index contributed by atoms with van der Waals surface area (Å²) >= 11 is 0. The maximum absolute atomic E-state index is 11.2. The lowest BCUT2D eigenvalue weighted by Gasteiger charge is -2.23. The van der Waals surface area contributed by atoms with Gasteiger partial charge in [0.2, 0.25) is 0 Å². The molecule has 1 aromatic carbocycles. The number of hydrogen-bond acceptors (Lipinski definition) is 5. The molecule has 1 aliphatic carbocycles. The van der Waals surface area contributed by atoms with Crippen molar-refractivity contribution >= 4 is 17.9 Å². The number of carboxylic acid groups (broad SMARTS) is 2. The molecule has 8 heteroatoms. The highest BCUT2D eigenvalue weighted by Gasteiger charge is 2.34. The maximum atomic E-state index is 11.2. The molecule has 1 atom stereocenters. The van der Waals surface area contributed by atoms with Crippen LogP contribution in [0.2, 0.25) is 0 Å². The van der Waals surface area contributed by atoms with Gasteiger partial charge in [-0.3, -0.25) is 4.79 Å². The van der Waals surface area contributed by atoms with Gasteiger partial charge in [-0.2, -0.15) is 5.10 Å². The highest BCUT2D eigenvalue weighted by molar-refractivity contribution is 5.90. The zero-order valence-corrected chi connectivity index (χ0v) is 15.4. The SMILES string of the molecule is CC1(C(=O)O)C=CC=C(C(=O)O)C1.COC(=O)c1cnn(-c2ccccc2)c1. The first-order chi connectivity index (χ1) is 13.3. The quantitative estimate of drug-likeness (QED) is 0.778. The van der Waals surface area contributed by atoms with E-state index in [0.29, 0.717) is 5.56 Å². The van der Waals surface area contributed by atoms with E-state index in [1.165, 1.54) is 38.5 Å².